The molecular formula is C25H36NO4+. The molecule has 3 N–H and O–H groups in total. The number of fused-ring (bicyclic) bond motifs is 2. The number of hydrogen-bond donors (Lipinski definition) is 3. The average molecular weight is 415 g/mol. The fourth-order valence-electron chi connectivity index (χ4n) is 6.04. The lowest BCUT2D eigenvalue weighted by Crippen LogP contribution is -3.14. The molecule has 1 aromatic rings. The van der Waals surface area contributed by atoms with Gasteiger partial charge >= 0.3 is 5.97 Å². The van der Waals surface area contributed by atoms with Crippen molar-refractivity contribution in [2.45, 2.75) is 64.4 Å². The first-order chi connectivity index (χ1) is 14.2. The van der Waals surface area contributed by atoms with Crippen LogP contribution in [0.4, 0.5) is 0 Å². The molecule has 4 rings (SSSR count). The Balaban J connectivity index is 1.52. The van der Waals surface area contributed by atoms with E-state index in [1.54, 1.807) is 0 Å². The number of esters is 1. The van der Waals surface area contributed by atoms with Gasteiger partial charge in [0.2, 0.25) is 0 Å². The predicted octanol–water partition coefficient (Wildman–Crippen LogP) is 1.91. The van der Waals surface area contributed by atoms with Crippen LogP contribution >= 0.6 is 0 Å². The molecule has 5 nitrogen and oxygen atoms in total. The number of nitrogens with one attached hydrogen (secondary N) is 1. The number of aliphatic hydroxyl groups is 2. The highest BCUT2D eigenvalue weighted by atomic mass is 16.6. The van der Waals surface area contributed by atoms with Crippen molar-refractivity contribution in [2.75, 3.05) is 13.6 Å². The van der Waals surface area contributed by atoms with Crippen LogP contribution in [0.1, 0.15) is 51.7 Å². The van der Waals surface area contributed by atoms with Gasteiger partial charge in [-0.05, 0) is 31.2 Å². The van der Waals surface area contributed by atoms with Gasteiger partial charge in [0.1, 0.15) is 24.2 Å². The van der Waals surface area contributed by atoms with E-state index in [4.69, 9.17) is 4.74 Å². The zero-order valence-electron chi connectivity index (χ0n) is 18.5. The van der Waals surface area contributed by atoms with Crippen molar-refractivity contribution in [1.29, 1.82) is 0 Å². The van der Waals surface area contributed by atoms with Crippen LogP contribution in [0.5, 0.6) is 0 Å². The molecule has 30 heavy (non-hydrogen) atoms. The summed E-state index contributed by atoms with van der Waals surface area (Å²) in [5.41, 5.74) is 1.86. The van der Waals surface area contributed by atoms with Crippen molar-refractivity contribution in [3.05, 3.63) is 47.5 Å². The van der Waals surface area contributed by atoms with Crippen LogP contribution < -0.4 is 4.90 Å². The molecule has 1 aromatic carbocycles. The molecule has 0 radical (unpaired) electrons. The standard InChI is InChI=1S/C25H35NO4/c1-15-9-8-12-18-13-20-21(23(28)25(15,18)3)19(24(29)30-20)14-26(4)16(2)22(27)17-10-6-5-7-11-17/h5-7,10-12,15-16,19-23,27-28H,8-9,13-14H2,1-4H3/p+1/t15-,16-,19-,20+,21+,22+,23-,25+/m0/s1. The van der Waals surface area contributed by atoms with Crippen molar-refractivity contribution in [2.24, 2.45) is 23.2 Å². The Morgan fingerprint density at radius 2 is 2.00 bits per heavy atom. The fourth-order valence-corrected chi connectivity index (χ4v) is 6.04. The lowest BCUT2D eigenvalue weighted by molar-refractivity contribution is -0.911. The first-order valence-corrected chi connectivity index (χ1v) is 11.4. The first kappa shape index (κ1) is 21.5. The zero-order valence-corrected chi connectivity index (χ0v) is 18.5. The molecule has 1 heterocycles. The van der Waals surface area contributed by atoms with E-state index < -0.39 is 12.2 Å². The van der Waals surface area contributed by atoms with E-state index in [9.17, 15) is 15.0 Å². The second-order valence-corrected chi connectivity index (χ2v) is 9.99. The van der Waals surface area contributed by atoms with Crippen LogP contribution in [-0.2, 0) is 9.53 Å². The predicted molar refractivity (Wildman–Crippen MR) is 115 cm³/mol. The molecule has 0 amide bonds. The summed E-state index contributed by atoms with van der Waals surface area (Å²) in [4.78, 5) is 13.9. The Morgan fingerprint density at radius 1 is 1.30 bits per heavy atom. The summed E-state index contributed by atoms with van der Waals surface area (Å²) in [5.74, 6) is -0.340. The Labute approximate surface area is 179 Å². The summed E-state index contributed by atoms with van der Waals surface area (Å²) >= 11 is 0. The van der Waals surface area contributed by atoms with E-state index in [1.165, 1.54) is 5.57 Å². The van der Waals surface area contributed by atoms with E-state index in [2.05, 4.69) is 19.9 Å². The van der Waals surface area contributed by atoms with Crippen molar-refractivity contribution in [1.82, 2.24) is 0 Å². The quantitative estimate of drug-likeness (QED) is 0.509. The van der Waals surface area contributed by atoms with Crippen LogP contribution in [-0.4, -0.2) is 48.0 Å². The minimum absolute atomic E-state index is 0.0837. The molecule has 1 aliphatic heterocycles. The molecule has 1 unspecified atom stereocenters. The average Bonchev–Trinajstić information content (AvgIpc) is 3.05. The summed E-state index contributed by atoms with van der Waals surface area (Å²) < 4.78 is 5.79. The van der Waals surface area contributed by atoms with Gasteiger partial charge < -0.3 is 19.8 Å². The lowest BCUT2D eigenvalue weighted by atomic mass is 9.55. The number of benzene rings is 1. The van der Waals surface area contributed by atoms with E-state index in [1.807, 2.05) is 44.3 Å². The number of aliphatic hydroxyl groups excluding tert-OH is 2. The van der Waals surface area contributed by atoms with Gasteiger partial charge in [0, 0.05) is 17.8 Å². The minimum Gasteiger partial charge on any atom is -0.461 e. The highest BCUT2D eigenvalue weighted by molar-refractivity contribution is 5.76. The Morgan fingerprint density at radius 3 is 2.70 bits per heavy atom. The molecule has 5 heteroatoms. The largest absolute Gasteiger partial charge is 0.461 e. The molecule has 1 saturated heterocycles. The summed E-state index contributed by atoms with van der Waals surface area (Å²) in [7, 11) is 2.02. The van der Waals surface area contributed by atoms with Gasteiger partial charge in [-0.3, -0.25) is 4.79 Å². The van der Waals surface area contributed by atoms with Crippen LogP contribution in [0.25, 0.3) is 0 Å². The maximum Gasteiger partial charge on any atom is 0.315 e. The summed E-state index contributed by atoms with van der Waals surface area (Å²) in [5, 5.41) is 22.3. The van der Waals surface area contributed by atoms with Crippen molar-refractivity contribution >= 4 is 5.97 Å². The molecule has 9 atom stereocenters. The van der Waals surface area contributed by atoms with Gasteiger partial charge in [0.05, 0.1) is 19.7 Å². The number of carbonyl (C=O) groups is 1. The molecule has 3 aliphatic rings. The van der Waals surface area contributed by atoms with Gasteiger partial charge in [-0.25, -0.2) is 0 Å². The van der Waals surface area contributed by atoms with Crippen molar-refractivity contribution in [3.8, 4) is 0 Å². The molecule has 0 spiro atoms. The zero-order chi connectivity index (χ0) is 21.6. The Hall–Kier alpha value is -1.69. The number of allylic oxidation sites excluding steroid dienone is 1. The molecule has 1 saturated carbocycles. The van der Waals surface area contributed by atoms with Crippen LogP contribution in [0, 0.1) is 23.2 Å². The van der Waals surface area contributed by atoms with Crippen LogP contribution in [0.15, 0.2) is 42.0 Å². The van der Waals surface area contributed by atoms with E-state index >= 15 is 0 Å². The fraction of sp³-hybridized carbons (Fsp3) is 0.640. The van der Waals surface area contributed by atoms with Gasteiger partial charge in [-0.2, -0.15) is 0 Å². The number of carbonyl (C=O) groups excluding carboxylic acids is 1. The van der Waals surface area contributed by atoms with E-state index in [-0.39, 0.29) is 35.4 Å². The van der Waals surface area contributed by atoms with Crippen molar-refractivity contribution < 1.29 is 24.6 Å². The van der Waals surface area contributed by atoms with E-state index in [0.29, 0.717) is 12.5 Å². The molecule has 0 bridgehead atoms. The number of rotatable bonds is 5. The summed E-state index contributed by atoms with van der Waals surface area (Å²) in [6.07, 6.45) is 3.68. The van der Waals surface area contributed by atoms with Gasteiger partial charge in [-0.1, -0.05) is 55.8 Å². The summed E-state index contributed by atoms with van der Waals surface area (Å²) in [6.45, 7) is 6.94. The van der Waals surface area contributed by atoms with Gasteiger partial charge in [0.25, 0.3) is 0 Å². The van der Waals surface area contributed by atoms with Gasteiger partial charge in [-0.15, -0.1) is 0 Å². The Bertz CT molecular complexity index is 809. The van der Waals surface area contributed by atoms with E-state index in [0.717, 1.165) is 29.7 Å². The normalized spacial score (nSPS) is 38.7. The minimum atomic E-state index is -0.610. The third-order valence-corrected chi connectivity index (χ3v) is 8.50. The first-order valence-electron chi connectivity index (χ1n) is 11.4. The molecule has 2 fully saturated rings. The number of quaternary nitrogens is 1. The molecule has 164 valence electrons. The highest BCUT2D eigenvalue weighted by Gasteiger charge is 2.60. The maximum atomic E-state index is 12.8. The topological polar surface area (TPSA) is 71.2 Å². The molecule has 0 aromatic heterocycles. The number of ether oxygens (including phenoxy) is 1. The molecule has 2 aliphatic carbocycles. The van der Waals surface area contributed by atoms with Crippen molar-refractivity contribution in [3.63, 3.8) is 0 Å². The highest BCUT2D eigenvalue weighted by Crippen LogP contribution is 2.55. The Kier molecular flexibility index (Phi) is 5.82. The second-order valence-electron chi connectivity index (χ2n) is 9.99. The van der Waals surface area contributed by atoms with Gasteiger partial charge in [0.15, 0.2) is 0 Å². The second kappa shape index (κ2) is 8.10. The smallest absolute Gasteiger partial charge is 0.315 e. The third kappa shape index (κ3) is 3.41. The van der Waals surface area contributed by atoms with Crippen LogP contribution in [0.2, 0.25) is 0 Å². The monoisotopic (exact) mass is 414 g/mol. The number of likely N-dealkylation sites (N-methyl/N-ethyl adjacent to an activating group) is 1. The van der Waals surface area contributed by atoms with Crippen LogP contribution in [0.3, 0.4) is 0 Å². The number of hydrogen-bond acceptors (Lipinski definition) is 4. The third-order valence-electron chi connectivity index (χ3n) is 8.50. The lowest BCUT2D eigenvalue weighted by Gasteiger charge is -2.51. The molecular weight excluding hydrogens is 378 g/mol. The SMILES string of the molecule is C[C@@H]([C@@H](O)c1ccccc1)[NH+](C)C[C@@H]1C(=O)O[C@@H]2CC3=CCC[C@H](C)[C@@]3(C)[C@@H](O)[C@H]12. The maximum absolute atomic E-state index is 12.8. The summed E-state index contributed by atoms with van der Waals surface area (Å²) in [6, 6.07) is 9.56.